The van der Waals surface area contributed by atoms with Gasteiger partial charge in [-0.05, 0) is 31.3 Å². The van der Waals surface area contributed by atoms with E-state index in [1.54, 1.807) is 54.6 Å². The molecule has 23 heavy (non-hydrogen) atoms. The van der Waals surface area contributed by atoms with Crippen LogP contribution in [0.15, 0.2) is 47.1 Å². The van der Waals surface area contributed by atoms with Crippen molar-refractivity contribution in [2.45, 2.75) is 6.54 Å². The van der Waals surface area contributed by atoms with Crippen LogP contribution in [0.5, 0.6) is 0 Å². The van der Waals surface area contributed by atoms with Crippen molar-refractivity contribution in [1.29, 1.82) is 0 Å². The van der Waals surface area contributed by atoms with Gasteiger partial charge in [-0.25, -0.2) is 0 Å². The average Bonchev–Trinajstić information content (AvgIpc) is 3.00. The quantitative estimate of drug-likeness (QED) is 0.812. The van der Waals surface area contributed by atoms with Gasteiger partial charge in [0.1, 0.15) is 5.76 Å². The summed E-state index contributed by atoms with van der Waals surface area (Å²) < 4.78 is 5.13. The first kappa shape index (κ1) is 17.1. The monoisotopic (exact) mass is 335 g/mol. The molecule has 0 radical (unpaired) electrons. The second-order valence-corrected chi connectivity index (χ2v) is 5.46. The van der Waals surface area contributed by atoms with E-state index in [9.17, 15) is 9.59 Å². The Balaban J connectivity index is 1.73. The van der Waals surface area contributed by atoms with Gasteiger partial charge in [0.2, 0.25) is 11.8 Å². The molecule has 2 rings (SSSR count). The van der Waals surface area contributed by atoms with Crippen molar-refractivity contribution in [3.05, 3.63) is 53.4 Å². The van der Waals surface area contributed by atoms with Gasteiger partial charge in [-0.15, -0.1) is 0 Å². The Hall–Kier alpha value is -2.31. The van der Waals surface area contributed by atoms with Gasteiger partial charge in [-0.1, -0.05) is 23.7 Å². The van der Waals surface area contributed by atoms with E-state index >= 15 is 0 Å². The summed E-state index contributed by atoms with van der Waals surface area (Å²) in [5.74, 6) is 0.256. The number of carbonyl (C=O) groups is 2. The zero-order chi connectivity index (χ0) is 16.7. The maximum Gasteiger partial charge on any atom is 0.238 e. The van der Waals surface area contributed by atoms with Crippen LogP contribution in [-0.4, -0.2) is 36.9 Å². The molecule has 0 aliphatic rings. The van der Waals surface area contributed by atoms with Crippen LogP contribution in [0.3, 0.4) is 0 Å². The SMILES string of the molecule is CN(CC(=O)NCc1ccco1)CC(=O)Nc1ccccc1Cl. The molecule has 0 saturated heterocycles. The number of benzene rings is 1. The Bertz CT molecular complexity index is 658. The molecule has 6 nitrogen and oxygen atoms in total. The molecule has 0 bridgehead atoms. The van der Waals surface area contributed by atoms with E-state index in [2.05, 4.69) is 10.6 Å². The molecule has 0 aliphatic heterocycles. The van der Waals surface area contributed by atoms with Crippen LogP contribution < -0.4 is 10.6 Å². The molecule has 1 heterocycles. The van der Waals surface area contributed by atoms with Crippen molar-refractivity contribution < 1.29 is 14.0 Å². The second-order valence-electron chi connectivity index (χ2n) is 5.06. The number of halogens is 1. The predicted octanol–water partition coefficient (Wildman–Crippen LogP) is 2.12. The van der Waals surface area contributed by atoms with Crippen LogP contribution in [0.4, 0.5) is 5.69 Å². The first-order valence-corrected chi connectivity index (χ1v) is 7.44. The first-order valence-electron chi connectivity index (χ1n) is 7.06. The third-order valence-electron chi connectivity index (χ3n) is 3.01. The fourth-order valence-electron chi connectivity index (χ4n) is 1.95. The minimum absolute atomic E-state index is 0.0827. The van der Waals surface area contributed by atoms with E-state index in [4.69, 9.17) is 16.0 Å². The molecule has 0 atom stereocenters. The smallest absolute Gasteiger partial charge is 0.238 e. The molecular weight excluding hydrogens is 318 g/mol. The van der Waals surface area contributed by atoms with Gasteiger partial charge in [0, 0.05) is 0 Å². The summed E-state index contributed by atoms with van der Waals surface area (Å²) in [6.45, 7) is 0.515. The van der Waals surface area contributed by atoms with Crippen molar-refractivity contribution in [3.8, 4) is 0 Å². The number of anilines is 1. The van der Waals surface area contributed by atoms with Crippen LogP contribution in [0, 0.1) is 0 Å². The van der Waals surface area contributed by atoms with Crippen molar-refractivity contribution >= 4 is 29.1 Å². The molecule has 2 N–H and O–H groups in total. The minimum Gasteiger partial charge on any atom is -0.467 e. The van der Waals surface area contributed by atoms with Gasteiger partial charge in [0.15, 0.2) is 0 Å². The molecule has 0 aliphatic carbocycles. The highest BCUT2D eigenvalue weighted by Gasteiger charge is 2.12. The Morgan fingerprint density at radius 1 is 1.13 bits per heavy atom. The number of para-hydroxylation sites is 1. The van der Waals surface area contributed by atoms with Crippen molar-refractivity contribution in [2.24, 2.45) is 0 Å². The maximum absolute atomic E-state index is 11.9. The number of hydrogen-bond donors (Lipinski definition) is 2. The molecule has 2 amide bonds. The summed E-state index contributed by atoms with van der Waals surface area (Å²) in [5, 5.41) is 5.90. The van der Waals surface area contributed by atoms with Crippen molar-refractivity contribution in [2.75, 3.05) is 25.5 Å². The lowest BCUT2D eigenvalue weighted by atomic mass is 10.3. The lowest BCUT2D eigenvalue weighted by Crippen LogP contribution is -2.38. The molecular formula is C16H18ClN3O3. The molecule has 1 aromatic carbocycles. The zero-order valence-corrected chi connectivity index (χ0v) is 13.5. The molecule has 0 fully saturated rings. The van der Waals surface area contributed by atoms with Gasteiger partial charge in [0.25, 0.3) is 0 Å². The number of amides is 2. The standard InChI is InChI=1S/C16H18ClN3O3/c1-20(10-15(21)18-9-12-5-4-8-23-12)11-16(22)19-14-7-3-2-6-13(14)17/h2-8H,9-11H2,1H3,(H,18,21)(H,19,22). The predicted molar refractivity (Wildman–Crippen MR) is 88.1 cm³/mol. The molecule has 0 spiro atoms. The van der Waals surface area contributed by atoms with E-state index < -0.39 is 0 Å². The topological polar surface area (TPSA) is 74.6 Å². The Kier molecular flexibility index (Phi) is 6.19. The number of furan rings is 1. The van der Waals surface area contributed by atoms with Crippen molar-refractivity contribution in [1.82, 2.24) is 10.2 Å². The number of hydrogen-bond acceptors (Lipinski definition) is 4. The summed E-state index contributed by atoms with van der Waals surface area (Å²) in [5.41, 5.74) is 0.551. The van der Waals surface area contributed by atoms with Crippen LogP contribution in [0.2, 0.25) is 5.02 Å². The largest absolute Gasteiger partial charge is 0.467 e. The lowest BCUT2D eigenvalue weighted by Gasteiger charge is -2.16. The van der Waals surface area contributed by atoms with E-state index in [0.717, 1.165) is 0 Å². The number of nitrogens with one attached hydrogen (secondary N) is 2. The van der Waals surface area contributed by atoms with Crippen LogP contribution in [-0.2, 0) is 16.1 Å². The molecule has 7 heteroatoms. The number of nitrogens with zero attached hydrogens (tertiary/aromatic N) is 1. The Morgan fingerprint density at radius 2 is 1.87 bits per heavy atom. The number of likely N-dealkylation sites (N-methyl/N-ethyl adjacent to an activating group) is 1. The fourth-order valence-corrected chi connectivity index (χ4v) is 2.14. The summed E-state index contributed by atoms with van der Waals surface area (Å²) >= 11 is 5.98. The molecule has 2 aromatic rings. The van der Waals surface area contributed by atoms with Gasteiger partial charge in [0.05, 0.1) is 36.6 Å². The summed E-state index contributed by atoms with van der Waals surface area (Å²) in [4.78, 5) is 25.4. The summed E-state index contributed by atoms with van der Waals surface area (Å²) in [6.07, 6.45) is 1.55. The molecule has 0 unspecified atom stereocenters. The van der Waals surface area contributed by atoms with Gasteiger partial charge in [-0.2, -0.15) is 0 Å². The van der Waals surface area contributed by atoms with E-state index in [1.165, 1.54) is 0 Å². The third kappa shape index (κ3) is 5.77. The first-order chi connectivity index (χ1) is 11.0. The highest BCUT2D eigenvalue weighted by Crippen LogP contribution is 2.20. The molecule has 1 aromatic heterocycles. The normalized spacial score (nSPS) is 10.6. The molecule has 122 valence electrons. The average molecular weight is 336 g/mol. The van der Waals surface area contributed by atoms with Gasteiger partial charge < -0.3 is 15.1 Å². The van der Waals surface area contributed by atoms with Gasteiger partial charge in [-0.3, -0.25) is 14.5 Å². The van der Waals surface area contributed by atoms with Crippen LogP contribution >= 0.6 is 11.6 Å². The highest BCUT2D eigenvalue weighted by atomic mass is 35.5. The number of carbonyl (C=O) groups excluding carboxylic acids is 2. The van der Waals surface area contributed by atoms with E-state index in [1.807, 2.05) is 0 Å². The second kappa shape index (κ2) is 8.36. The molecule has 0 saturated carbocycles. The summed E-state index contributed by atoms with van der Waals surface area (Å²) in [7, 11) is 1.69. The van der Waals surface area contributed by atoms with Crippen LogP contribution in [0.25, 0.3) is 0 Å². The zero-order valence-electron chi connectivity index (χ0n) is 12.7. The van der Waals surface area contributed by atoms with Gasteiger partial charge >= 0.3 is 0 Å². The third-order valence-corrected chi connectivity index (χ3v) is 3.34. The fraction of sp³-hybridized carbons (Fsp3) is 0.250. The highest BCUT2D eigenvalue weighted by molar-refractivity contribution is 6.33. The van der Waals surface area contributed by atoms with E-state index in [0.29, 0.717) is 23.0 Å². The minimum atomic E-state index is -0.237. The van der Waals surface area contributed by atoms with Crippen LogP contribution in [0.1, 0.15) is 5.76 Å². The van der Waals surface area contributed by atoms with Crippen molar-refractivity contribution in [3.63, 3.8) is 0 Å². The number of rotatable bonds is 7. The lowest BCUT2D eigenvalue weighted by molar-refractivity contribution is -0.123. The maximum atomic E-state index is 11.9. The summed E-state index contributed by atoms with van der Waals surface area (Å²) in [6, 6.07) is 10.5. The Labute approximate surface area is 139 Å². The van der Waals surface area contributed by atoms with E-state index in [-0.39, 0.29) is 24.9 Å². The Morgan fingerprint density at radius 3 is 2.57 bits per heavy atom.